The number of carbonyl (C=O) groups excluding carboxylic acids is 1. The van der Waals surface area contributed by atoms with E-state index in [0.717, 1.165) is 40.0 Å². The highest BCUT2D eigenvalue weighted by atomic mass is 16.5. The van der Waals surface area contributed by atoms with E-state index in [4.69, 9.17) is 4.74 Å². The van der Waals surface area contributed by atoms with Crippen molar-refractivity contribution in [2.45, 2.75) is 0 Å². The van der Waals surface area contributed by atoms with Crippen molar-refractivity contribution < 1.29 is 9.53 Å². The fraction of sp³-hybridized carbons (Fsp3) is 0.238. The highest BCUT2D eigenvalue weighted by Crippen LogP contribution is 2.28. The molecule has 1 fully saturated rings. The van der Waals surface area contributed by atoms with Gasteiger partial charge in [0.15, 0.2) is 5.69 Å². The average molecular weight is 362 g/mol. The van der Waals surface area contributed by atoms with Gasteiger partial charge in [0.1, 0.15) is 5.75 Å². The summed E-state index contributed by atoms with van der Waals surface area (Å²) in [7, 11) is 3.68. The molecule has 1 N–H and O–H groups in total. The topological polar surface area (TPSA) is 61.5 Å². The Bertz CT molecular complexity index is 1010. The van der Waals surface area contributed by atoms with E-state index in [-0.39, 0.29) is 5.91 Å². The second-order valence-corrected chi connectivity index (χ2v) is 6.82. The van der Waals surface area contributed by atoms with Crippen LogP contribution in [-0.2, 0) is 0 Å². The van der Waals surface area contributed by atoms with Crippen LogP contribution < -0.4 is 4.74 Å². The van der Waals surface area contributed by atoms with Crippen molar-refractivity contribution in [1.82, 2.24) is 20.0 Å². The van der Waals surface area contributed by atoms with Gasteiger partial charge in [-0.15, -0.1) is 0 Å². The molecule has 6 nitrogen and oxygen atoms in total. The van der Waals surface area contributed by atoms with Gasteiger partial charge in [-0.05, 0) is 42.4 Å². The largest absolute Gasteiger partial charge is 0.497 e. The molecular formula is C21H22N4O2. The number of piperazine rings is 1. The Morgan fingerprint density at radius 3 is 2.59 bits per heavy atom. The van der Waals surface area contributed by atoms with E-state index in [1.54, 1.807) is 12.0 Å². The number of nitrogens with zero attached hydrogens (tertiary/aromatic N) is 3. The van der Waals surface area contributed by atoms with E-state index in [0.29, 0.717) is 18.8 Å². The van der Waals surface area contributed by atoms with Gasteiger partial charge in [0.05, 0.1) is 12.6 Å². The maximum absolute atomic E-state index is 13.1. The molecule has 138 valence electrons. The Morgan fingerprint density at radius 2 is 1.89 bits per heavy atom. The van der Waals surface area contributed by atoms with Crippen LogP contribution in [0.2, 0.25) is 0 Å². The van der Waals surface area contributed by atoms with Gasteiger partial charge in [-0.25, -0.2) is 0 Å². The molecule has 4 rings (SSSR count). The molecule has 2 aromatic carbocycles. The molecule has 3 aromatic rings. The molecule has 1 saturated heterocycles. The standard InChI is InChI=1S/C21H22N4O2/c1-14-13-24(2)10-11-25(14)21(26)20-18-12-16(6-9-19(18)22-23-20)15-4-7-17(27-3)8-5-15/h4-9,12H,1,10-11,13H2,2-3H3,(H,22,23). The second kappa shape index (κ2) is 6.89. The number of aromatic nitrogens is 2. The first kappa shape index (κ1) is 17.3. The minimum Gasteiger partial charge on any atom is -0.497 e. The molecule has 1 aromatic heterocycles. The van der Waals surface area contributed by atoms with Gasteiger partial charge in [0.2, 0.25) is 0 Å². The molecule has 0 radical (unpaired) electrons. The first-order valence-electron chi connectivity index (χ1n) is 8.87. The second-order valence-electron chi connectivity index (χ2n) is 6.82. The van der Waals surface area contributed by atoms with Gasteiger partial charge in [0, 0.05) is 30.7 Å². The van der Waals surface area contributed by atoms with E-state index >= 15 is 0 Å². The maximum atomic E-state index is 13.1. The number of methoxy groups -OCH3 is 1. The first-order chi connectivity index (χ1) is 13.1. The third-order valence-electron chi connectivity index (χ3n) is 4.97. The molecule has 0 aliphatic carbocycles. The molecule has 0 saturated carbocycles. The lowest BCUT2D eigenvalue weighted by Gasteiger charge is -2.33. The highest BCUT2D eigenvalue weighted by Gasteiger charge is 2.26. The van der Waals surface area contributed by atoms with Crippen LogP contribution in [0.25, 0.3) is 22.0 Å². The Labute approximate surface area is 158 Å². The van der Waals surface area contributed by atoms with E-state index < -0.39 is 0 Å². The van der Waals surface area contributed by atoms with Crippen molar-refractivity contribution in [2.75, 3.05) is 33.8 Å². The lowest BCUT2D eigenvalue weighted by atomic mass is 10.0. The predicted molar refractivity (Wildman–Crippen MR) is 106 cm³/mol. The fourth-order valence-electron chi connectivity index (χ4n) is 3.42. The number of rotatable bonds is 3. The molecule has 6 heteroatoms. The van der Waals surface area contributed by atoms with Gasteiger partial charge < -0.3 is 9.64 Å². The van der Waals surface area contributed by atoms with Gasteiger partial charge in [0.25, 0.3) is 5.91 Å². The number of ether oxygens (including phenoxy) is 1. The summed E-state index contributed by atoms with van der Waals surface area (Å²) >= 11 is 0. The monoisotopic (exact) mass is 362 g/mol. The van der Waals surface area contributed by atoms with Crippen molar-refractivity contribution in [3.63, 3.8) is 0 Å². The third kappa shape index (κ3) is 3.19. The summed E-state index contributed by atoms with van der Waals surface area (Å²) < 4.78 is 5.22. The third-order valence-corrected chi connectivity index (χ3v) is 4.97. The lowest BCUT2D eigenvalue weighted by Crippen LogP contribution is -2.45. The van der Waals surface area contributed by atoms with Crippen LogP contribution >= 0.6 is 0 Å². The predicted octanol–water partition coefficient (Wildman–Crippen LogP) is 3.14. The fourth-order valence-corrected chi connectivity index (χ4v) is 3.42. The summed E-state index contributed by atoms with van der Waals surface area (Å²) in [6.07, 6.45) is 0. The average Bonchev–Trinajstić information content (AvgIpc) is 3.11. The Kier molecular flexibility index (Phi) is 4.41. The Morgan fingerprint density at radius 1 is 1.15 bits per heavy atom. The Hall–Kier alpha value is -3.12. The minimum atomic E-state index is -0.105. The van der Waals surface area contributed by atoms with E-state index in [2.05, 4.69) is 21.7 Å². The molecule has 2 heterocycles. The molecule has 0 spiro atoms. The molecule has 27 heavy (non-hydrogen) atoms. The molecule has 0 atom stereocenters. The molecule has 1 aliphatic heterocycles. The smallest absolute Gasteiger partial charge is 0.279 e. The number of hydrogen-bond acceptors (Lipinski definition) is 4. The van der Waals surface area contributed by atoms with Crippen LogP contribution in [0.5, 0.6) is 5.75 Å². The number of aromatic amines is 1. The molecule has 1 amide bonds. The van der Waals surface area contributed by atoms with Crippen molar-refractivity contribution in [3.8, 4) is 16.9 Å². The van der Waals surface area contributed by atoms with Crippen LogP contribution in [0.15, 0.2) is 54.7 Å². The SMILES string of the molecule is C=C1CN(C)CCN1C(=O)c1n[nH]c2ccc(-c3ccc(OC)cc3)cc12. The quantitative estimate of drug-likeness (QED) is 0.778. The zero-order valence-corrected chi connectivity index (χ0v) is 15.5. The molecular weight excluding hydrogens is 340 g/mol. The van der Waals surface area contributed by atoms with Crippen molar-refractivity contribution >= 4 is 16.8 Å². The molecule has 0 unspecified atom stereocenters. The van der Waals surface area contributed by atoms with Gasteiger partial charge >= 0.3 is 0 Å². The van der Waals surface area contributed by atoms with Gasteiger partial charge in [-0.2, -0.15) is 5.10 Å². The number of hydrogen-bond donors (Lipinski definition) is 1. The zero-order valence-electron chi connectivity index (χ0n) is 15.5. The number of fused-ring (bicyclic) bond motifs is 1. The van der Waals surface area contributed by atoms with E-state index in [9.17, 15) is 4.79 Å². The minimum absolute atomic E-state index is 0.105. The lowest BCUT2D eigenvalue weighted by molar-refractivity contribution is 0.0744. The van der Waals surface area contributed by atoms with E-state index in [1.165, 1.54) is 0 Å². The van der Waals surface area contributed by atoms with E-state index in [1.807, 2.05) is 49.5 Å². The summed E-state index contributed by atoms with van der Waals surface area (Å²) in [5.74, 6) is 0.707. The number of nitrogens with one attached hydrogen (secondary N) is 1. The van der Waals surface area contributed by atoms with Crippen LogP contribution in [0.4, 0.5) is 0 Å². The number of H-pyrrole nitrogens is 1. The van der Waals surface area contributed by atoms with Crippen LogP contribution in [0.1, 0.15) is 10.5 Å². The molecule has 1 aliphatic rings. The molecule has 0 bridgehead atoms. The highest BCUT2D eigenvalue weighted by molar-refractivity contribution is 6.06. The summed E-state index contributed by atoms with van der Waals surface area (Å²) in [5.41, 5.74) is 4.16. The van der Waals surface area contributed by atoms with Crippen LogP contribution in [0.3, 0.4) is 0 Å². The first-order valence-corrected chi connectivity index (χ1v) is 8.87. The van der Waals surface area contributed by atoms with Gasteiger partial charge in [-0.3, -0.25) is 14.8 Å². The zero-order chi connectivity index (χ0) is 19.0. The summed E-state index contributed by atoms with van der Waals surface area (Å²) in [6, 6.07) is 13.8. The normalized spacial score (nSPS) is 15.3. The van der Waals surface area contributed by atoms with Crippen molar-refractivity contribution in [2.24, 2.45) is 0 Å². The number of amides is 1. The van der Waals surface area contributed by atoms with Crippen molar-refractivity contribution in [3.05, 3.63) is 60.4 Å². The van der Waals surface area contributed by atoms with Gasteiger partial charge in [-0.1, -0.05) is 24.8 Å². The van der Waals surface area contributed by atoms with Crippen LogP contribution in [0, 0.1) is 0 Å². The summed E-state index contributed by atoms with van der Waals surface area (Å²) in [4.78, 5) is 17.0. The van der Waals surface area contributed by atoms with Crippen molar-refractivity contribution in [1.29, 1.82) is 0 Å². The maximum Gasteiger partial charge on any atom is 0.279 e. The van der Waals surface area contributed by atoms with Crippen LogP contribution in [-0.4, -0.2) is 59.7 Å². The Balaban J connectivity index is 1.69. The number of carbonyl (C=O) groups is 1. The summed E-state index contributed by atoms with van der Waals surface area (Å²) in [6.45, 7) is 6.19. The number of likely N-dealkylation sites (N-methyl/N-ethyl adjacent to an activating group) is 1. The summed E-state index contributed by atoms with van der Waals surface area (Å²) in [5, 5.41) is 8.09. The number of benzene rings is 2.